The maximum atomic E-state index is 5.85. The number of hydrogen-bond acceptors (Lipinski definition) is 3. The maximum absolute atomic E-state index is 5.85. The summed E-state index contributed by atoms with van der Waals surface area (Å²) in [6.45, 7) is 33.0. The van der Waals surface area contributed by atoms with Gasteiger partial charge in [0, 0.05) is 34.6 Å². The van der Waals surface area contributed by atoms with Crippen LogP contribution in [-0.2, 0) is 23.7 Å². The number of pyridine rings is 1. The third-order valence-corrected chi connectivity index (χ3v) is 16.1. The maximum Gasteiger partial charge on any atom is 0.0769 e. The van der Waals surface area contributed by atoms with E-state index in [0.29, 0.717) is 0 Å². The van der Waals surface area contributed by atoms with Crippen molar-refractivity contribution in [3.63, 3.8) is 0 Å². The van der Waals surface area contributed by atoms with Gasteiger partial charge in [-0.3, -0.25) is 4.98 Å². The van der Waals surface area contributed by atoms with Crippen molar-refractivity contribution >= 4 is 44.4 Å². The molecule has 2 N–H and O–H groups in total. The van der Waals surface area contributed by atoms with Crippen molar-refractivity contribution in [1.82, 2.24) is 24.9 Å². The molecule has 2 aliphatic heterocycles. The summed E-state index contributed by atoms with van der Waals surface area (Å²) in [5.41, 5.74) is 27.4. The van der Waals surface area contributed by atoms with E-state index in [9.17, 15) is 0 Å². The van der Waals surface area contributed by atoms with Crippen LogP contribution in [0.15, 0.2) is 54.9 Å². The summed E-state index contributed by atoms with van der Waals surface area (Å²) in [5.74, 6) is 0. The Bertz CT molecular complexity index is 2730. The molecule has 0 unspecified atom stereocenters. The van der Waals surface area contributed by atoms with Crippen LogP contribution in [0.1, 0.15) is 255 Å². The van der Waals surface area contributed by atoms with Crippen LogP contribution in [0.2, 0.25) is 0 Å². The normalized spacial score (nSPS) is 13.3. The Labute approximate surface area is 436 Å². The second-order valence-corrected chi connectivity index (χ2v) is 23.7. The van der Waals surface area contributed by atoms with Gasteiger partial charge in [0.1, 0.15) is 0 Å². The lowest BCUT2D eigenvalue weighted by molar-refractivity contribution is 0.569. The van der Waals surface area contributed by atoms with E-state index < -0.39 is 0 Å². The Balaban J connectivity index is 1.74. The van der Waals surface area contributed by atoms with Crippen molar-refractivity contribution in [3.8, 4) is 22.3 Å². The molecule has 2 aliphatic rings. The minimum Gasteiger partial charge on any atom is -0.354 e. The first kappa shape index (κ1) is 54.7. The zero-order valence-corrected chi connectivity index (χ0v) is 47.7. The van der Waals surface area contributed by atoms with E-state index in [2.05, 4.69) is 154 Å². The quantitative estimate of drug-likeness (QED) is 0.0679. The second-order valence-electron chi connectivity index (χ2n) is 23.7. The lowest BCUT2D eigenvalue weighted by Crippen LogP contribution is -2.16. The van der Waals surface area contributed by atoms with Crippen LogP contribution in [0, 0.1) is 13.8 Å². The standard InChI is InChI=1S/C67H93N5/c1-15-19-23-27-31-52-44(5)62-60(48-35-37-68-38-36-48)63-45(6)53(32-28-24-20-16-2)57(70-63)43-59-55(34-30-26-22-18-4)47(8)65(72-59)61(49-39-50(66(9,10)11)41-51(40-49)67(12,13)14)64-46(7)54(33-29-25-21-17-3)58(71-64)42-56(52)69-62/h35-43,71-72H,15-34H2,1-14H3. The molecule has 1 aromatic carbocycles. The zero-order chi connectivity index (χ0) is 51.7. The van der Waals surface area contributed by atoms with E-state index in [0.717, 1.165) is 85.3 Å². The minimum absolute atomic E-state index is 0.0393. The molecule has 0 saturated heterocycles. The molecule has 0 atom stereocenters. The monoisotopic (exact) mass is 968 g/mol. The van der Waals surface area contributed by atoms with Crippen LogP contribution >= 0.6 is 0 Å². The third kappa shape index (κ3) is 12.3. The van der Waals surface area contributed by atoms with Gasteiger partial charge in [-0.05, 0) is 181 Å². The van der Waals surface area contributed by atoms with Crippen molar-refractivity contribution in [2.75, 3.05) is 0 Å². The largest absolute Gasteiger partial charge is 0.354 e. The molecule has 4 aromatic heterocycles. The number of rotatable bonds is 22. The number of fused-ring (bicyclic) bond motifs is 8. The van der Waals surface area contributed by atoms with Gasteiger partial charge in [0.15, 0.2) is 0 Å². The molecule has 5 aromatic rings. The van der Waals surface area contributed by atoms with E-state index in [1.165, 1.54) is 166 Å². The van der Waals surface area contributed by atoms with Gasteiger partial charge in [-0.2, -0.15) is 0 Å². The average molecular weight is 969 g/mol. The Morgan fingerprint density at radius 1 is 0.431 bits per heavy atom. The molecule has 6 heterocycles. The molecule has 5 nitrogen and oxygen atoms in total. The molecule has 0 radical (unpaired) electrons. The molecular weight excluding hydrogens is 875 g/mol. The highest BCUT2D eigenvalue weighted by atomic mass is 14.8. The predicted molar refractivity (Wildman–Crippen MR) is 315 cm³/mol. The fourth-order valence-corrected chi connectivity index (χ4v) is 11.4. The molecule has 0 saturated carbocycles. The lowest BCUT2D eigenvalue weighted by Gasteiger charge is -2.26. The van der Waals surface area contributed by atoms with Crippen molar-refractivity contribution in [2.45, 2.75) is 236 Å². The van der Waals surface area contributed by atoms with Gasteiger partial charge in [-0.25, -0.2) is 9.97 Å². The number of H-pyrrole nitrogens is 2. The number of aromatic nitrogens is 5. The lowest BCUT2D eigenvalue weighted by atomic mass is 9.78. The predicted octanol–water partition coefficient (Wildman–Crippen LogP) is 20.3. The van der Waals surface area contributed by atoms with Gasteiger partial charge < -0.3 is 9.97 Å². The van der Waals surface area contributed by atoms with E-state index in [-0.39, 0.29) is 10.8 Å². The highest BCUT2D eigenvalue weighted by Gasteiger charge is 2.29. The number of aryl methyl sites for hydroxylation is 4. The third-order valence-electron chi connectivity index (χ3n) is 16.1. The van der Waals surface area contributed by atoms with E-state index >= 15 is 0 Å². The van der Waals surface area contributed by atoms with Crippen molar-refractivity contribution in [3.05, 3.63) is 111 Å². The van der Waals surface area contributed by atoms with E-state index in [4.69, 9.17) is 9.97 Å². The van der Waals surface area contributed by atoms with Gasteiger partial charge in [0.05, 0.1) is 33.8 Å². The fraction of sp³-hybridized carbons (Fsp3) is 0.537. The van der Waals surface area contributed by atoms with Crippen LogP contribution in [-0.4, -0.2) is 24.9 Å². The van der Waals surface area contributed by atoms with Crippen molar-refractivity contribution in [2.24, 2.45) is 0 Å². The van der Waals surface area contributed by atoms with Crippen LogP contribution in [0.5, 0.6) is 0 Å². The highest BCUT2D eigenvalue weighted by Crippen LogP contribution is 2.46. The minimum atomic E-state index is -0.0393. The SMILES string of the molecule is CCCCCCC1=C(C)c2nc1cc1[nH]c(c(C)c1CCCCCC)c(-c1cc(C(C)(C)C)cc(C(C)(C)C)c1)c1[nH]c(cc3nc(c2-c2ccncc2)C(C)=C3CCCCCC)c(CCCCCC)c1C. The Morgan fingerprint density at radius 2 is 0.819 bits per heavy atom. The first-order chi connectivity index (χ1) is 34.5. The zero-order valence-electron chi connectivity index (χ0n) is 47.7. The van der Waals surface area contributed by atoms with E-state index in [1.54, 1.807) is 0 Å². The highest BCUT2D eigenvalue weighted by molar-refractivity contribution is 6.03. The van der Waals surface area contributed by atoms with Crippen LogP contribution in [0.25, 0.3) is 66.6 Å². The van der Waals surface area contributed by atoms with Crippen LogP contribution in [0.4, 0.5) is 0 Å². The molecule has 386 valence electrons. The molecule has 0 aliphatic carbocycles. The first-order valence-electron chi connectivity index (χ1n) is 28.8. The van der Waals surface area contributed by atoms with E-state index in [1.807, 2.05) is 12.4 Å². The topological polar surface area (TPSA) is 70.2 Å². The number of allylic oxidation sites excluding steroid dienone is 4. The van der Waals surface area contributed by atoms with Crippen LogP contribution < -0.4 is 0 Å². The molecule has 5 heteroatoms. The molecule has 0 spiro atoms. The molecular formula is C67H93N5. The number of benzene rings is 1. The second kappa shape index (κ2) is 24.3. The summed E-state index contributed by atoms with van der Waals surface area (Å²) in [4.78, 5) is 24.8. The number of hydrogen-bond donors (Lipinski definition) is 2. The molecule has 8 bridgehead atoms. The molecule has 72 heavy (non-hydrogen) atoms. The Hall–Kier alpha value is -5.03. The van der Waals surface area contributed by atoms with Crippen LogP contribution in [0.3, 0.4) is 0 Å². The molecule has 0 amide bonds. The summed E-state index contributed by atoms with van der Waals surface area (Å²) < 4.78 is 0. The smallest absolute Gasteiger partial charge is 0.0769 e. The van der Waals surface area contributed by atoms with Gasteiger partial charge in [-0.15, -0.1) is 0 Å². The molecule has 0 fully saturated rings. The Morgan fingerprint density at radius 3 is 1.19 bits per heavy atom. The number of nitrogens with zero attached hydrogens (tertiary/aromatic N) is 3. The summed E-state index contributed by atoms with van der Waals surface area (Å²) in [6, 6.07) is 16.8. The van der Waals surface area contributed by atoms with Crippen molar-refractivity contribution in [1.29, 1.82) is 0 Å². The number of aromatic amines is 2. The van der Waals surface area contributed by atoms with Gasteiger partial charge in [-0.1, -0.05) is 164 Å². The summed E-state index contributed by atoms with van der Waals surface area (Å²) in [5, 5.41) is 0. The fourth-order valence-electron chi connectivity index (χ4n) is 11.4. The summed E-state index contributed by atoms with van der Waals surface area (Å²) in [7, 11) is 0. The van der Waals surface area contributed by atoms with Gasteiger partial charge in [0.25, 0.3) is 0 Å². The number of unbranched alkanes of at least 4 members (excludes halogenated alkanes) is 12. The van der Waals surface area contributed by atoms with Crippen molar-refractivity contribution < 1.29 is 0 Å². The summed E-state index contributed by atoms with van der Waals surface area (Å²) in [6.07, 6.45) is 27.3. The molecule has 7 rings (SSSR count). The first-order valence-corrected chi connectivity index (χ1v) is 28.8. The number of nitrogens with one attached hydrogen (secondary N) is 2. The van der Waals surface area contributed by atoms with Gasteiger partial charge >= 0.3 is 0 Å². The average Bonchev–Trinajstić information content (AvgIpc) is 4.03. The van der Waals surface area contributed by atoms with Gasteiger partial charge in [0.2, 0.25) is 0 Å². The summed E-state index contributed by atoms with van der Waals surface area (Å²) >= 11 is 0. The Kier molecular flexibility index (Phi) is 18.5.